The van der Waals surface area contributed by atoms with Gasteiger partial charge in [0.15, 0.2) is 0 Å². The van der Waals surface area contributed by atoms with E-state index in [1.807, 2.05) is 30.0 Å². The number of nitrogens with one attached hydrogen (secondary N) is 1. The number of phenols is 1. The lowest BCUT2D eigenvalue weighted by molar-refractivity contribution is 0.188. The Morgan fingerprint density at radius 2 is 1.92 bits per heavy atom. The summed E-state index contributed by atoms with van der Waals surface area (Å²) in [5, 5.41) is 12.5. The van der Waals surface area contributed by atoms with Gasteiger partial charge in [0.25, 0.3) is 0 Å². The highest BCUT2D eigenvalue weighted by Crippen LogP contribution is 2.28. The lowest BCUT2D eigenvalue weighted by Gasteiger charge is -2.25. The zero-order chi connectivity index (χ0) is 17.8. The molecule has 0 bridgehead atoms. The molecule has 0 saturated heterocycles. The maximum Gasteiger partial charge on any atom is 0.318 e. The van der Waals surface area contributed by atoms with Gasteiger partial charge in [-0.1, -0.05) is 42.0 Å². The number of urea groups is 1. The summed E-state index contributed by atoms with van der Waals surface area (Å²) >= 11 is 0. The molecule has 2 N–H and O–H groups in total. The zero-order valence-corrected chi connectivity index (χ0v) is 14.9. The van der Waals surface area contributed by atoms with E-state index in [1.54, 1.807) is 12.1 Å². The van der Waals surface area contributed by atoms with Crippen LogP contribution in [-0.4, -0.2) is 28.1 Å². The van der Waals surface area contributed by atoms with Gasteiger partial charge in [-0.15, -0.1) is 0 Å². The highest BCUT2D eigenvalue weighted by Gasteiger charge is 2.33. The topological polar surface area (TPSA) is 52.6 Å². The fraction of sp³-hybridized carbons (Fsp3) is 0.381. The first-order chi connectivity index (χ1) is 12.0. The summed E-state index contributed by atoms with van der Waals surface area (Å²) in [6, 6.07) is 15.9. The van der Waals surface area contributed by atoms with Gasteiger partial charge in [0, 0.05) is 18.6 Å². The number of hydrogen-bond acceptors (Lipinski definition) is 2. The van der Waals surface area contributed by atoms with Gasteiger partial charge in [0.1, 0.15) is 5.75 Å². The second kappa shape index (κ2) is 7.60. The third kappa shape index (κ3) is 4.99. The molecule has 4 heteroatoms. The summed E-state index contributed by atoms with van der Waals surface area (Å²) in [5.41, 5.74) is 3.49. The Morgan fingerprint density at radius 1 is 1.20 bits per heavy atom. The summed E-state index contributed by atoms with van der Waals surface area (Å²) < 4.78 is 0. The van der Waals surface area contributed by atoms with E-state index in [0.29, 0.717) is 12.6 Å². The monoisotopic (exact) mass is 338 g/mol. The molecule has 0 radical (unpaired) electrons. The van der Waals surface area contributed by atoms with Crippen LogP contribution in [0.2, 0.25) is 0 Å². The lowest BCUT2D eigenvalue weighted by atomic mass is 10.1. The number of aryl methyl sites for hydroxylation is 1. The number of carbonyl (C=O) groups is 1. The minimum absolute atomic E-state index is 0.00952. The van der Waals surface area contributed by atoms with Gasteiger partial charge in [-0.2, -0.15) is 0 Å². The fourth-order valence-electron chi connectivity index (χ4n) is 3.09. The molecule has 2 aromatic carbocycles. The number of carbonyl (C=O) groups excluding carboxylic acids is 1. The van der Waals surface area contributed by atoms with Crippen molar-refractivity contribution in [3.8, 4) is 5.75 Å². The molecule has 0 aromatic heterocycles. The van der Waals surface area contributed by atoms with E-state index in [1.165, 1.54) is 11.1 Å². The van der Waals surface area contributed by atoms with E-state index >= 15 is 0 Å². The average molecular weight is 338 g/mol. The SMILES string of the molecule is Cc1cccc(CN(C(=O)NC(C)Cc2ccc(O)cc2)C2CC2)c1. The van der Waals surface area contributed by atoms with Crippen molar-refractivity contribution in [1.29, 1.82) is 0 Å². The van der Waals surface area contributed by atoms with E-state index in [9.17, 15) is 9.90 Å². The van der Waals surface area contributed by atoms with E-state index in [-0.39, 0.29) is 17.8 Å². The molecule has 3 rings (SSSR count). The molecular weight excluding hydrogens is 312 g/mol. The van der Waals surface area contributed by atoms with E-state index < -0.39 is 0 Å². The van der Waals surface area contributed by atoms with Crippen molar-refractivity contribution in [2.24, 2.45) is 0 Å². The first kappa shape index (κ1) is 17.3. The predicted molar refractivity (Wildman–Crippen MR) is 99.5 cm³/mol. The third-order valence-corrected chi connectivity index (χ3v) is 4.53. The maximum absolute atomic E-state index is 12.7. The Bertz CT molecular complexity index is 723. The summed E-state index contributed by atoms with van der Waals surface area (Å²) in [6.45, 7) is 4.75. The Balaban J connectivity index is 1.59. The molecule has 1 saturated carbocycles. The van der Waals surface area contributed by atoms with Gasteiger partial charge in [-0.3, -0.25) is 0 Å². The van der Waals surface area contributed by atoms with Crippen molar-refractivity contribution in [3.05, 3.63) is 65.2 Å². The predicted octanol–water partition coefficient (Wildman–Crippen LogP) is 4.01. The molecule has 132 valence electrons. The van der Waals surface area contributed by atoms with Crippen LogP contribution in [0.25, 0.3) is 0 Å². The standard InChI is InChI=1S/C21H26N2O2/c1-15-4-3-5-18(12-15)14-23(19-8-9-19)21(25)22-16(2)13-17-6-10-20(24)11-7-17/h3-7,10-12,16,19,24H,8-9,13-14H2,1-2H3,(H,22,25). The summed E-state index contributed by atoms with van der Waals surface area (Å²) in [4.78, 5) is 14.7. The first-order valence-corrected chi connectivity index (χ1v) is 8.92. The molecule has 1 aliphatic carbocycles. The molecule has 25 heavy (non-hydrogen) atoms. The minimum Gasteiger partial charge on any atom is -0.508 e. The summed E-state index contributed by atoms with van der Waals surface area (Å²) in [6.07, 6.45) is 2.92. The molecular formula is C21H26N2O2. The van der Waals surface area contributed by atoms with Crippen molar-refractivity contribution in [2.75, 3.05) is 0 Å². The van der Waals surface area contributed by atoms with Crippen molar-refractivity contribution in [3.63, 3.8) is 0 Å². The molecule has 2 aromatic rings. The number of benzene rings is 2. The number of hydrogen-bond donors (Lipinski definition) is 2. The van der Waals surface area contributed by atoms with Crippen LogP contribution in [-0.2, 0) is 13.0 Å². The largest absolute Gasteiger partial charge is 0.508 e. The van der Waals surface area contributed by atoms with Crippen LogP contribution in [0.15, 0.2) is 48.5 Å². The van der Waals surface area contributed by atoms with Crippen molar-refractivity contribution in [2.45, 2.75) is 51.7 Å². The van der Waals surface area contributed by atoms with Crippen molar-refractivity contribution >= 4 is 6.03 Å². The number of aromatic hydroxyl groups is 1. The van der Waals surface area contributed by atoms with Crippen LogP contribution in [0.3, 0.4) is 0 Å². The molecule has 1 aliphatic rings. The van der Waals surface area contributed by atoms with Crippen LogP contribution in [0.5, 0.6) is 5.75 Å². The highest BCUT2D eigenvalue weighted by atomic mass is 16.3. The first-order valence-electron chi connectivity index (χ1n) is 8.92. The van der Waals surface area contributed by atoms with Crippen molar-refractivity contribution in [1.82, 2.24) is 10.2 Å². The Morgan fingerprint density at radius 3 is 2.56 bits per heavy atom. The molecule has 0 spiro atoms. The maximum atomic E-state index is 12.7. The van der Waals surface area contributed by atoms with Gasteiger partial charge < -0.3 is 15.3 Å². The fourth-order valence-corrected chi connectivity index (χ4v) is 3.09. The molecule has 0 heterocycles. The lowest BCUT2D eigenvalue weighted by Crippen LogP contribution is -2.45. The molecule has 1 fully saturated rings. The highest BCUT2D eigenvalue weighted by molar-refractivity contribution is 5.75. The second-order valence-electron chi connectivity index (χ2n) is 7.07. The summed E-state index contributed by atoms with van der Waals surface area (Å²) in [5.74, 6) is 0.263. The number of phenolic OH excluding ortho intramolecular Hbond substituents is 1. The van der Waals surface area contributed by atoms with Crippen LogP contribution in [0, 0.1) is 6.92 Å². The van der Waals surface area contributed by atoms with Crippen LogP contribution >= 0.6 is 0 Å². The van der Waals surface area contributed by atoms with Gasteiger partial charge in [-0.05, 0) is 56.4 Å². The average Bonchev–Trinajstić information content (AvgIpc) is 3.39. The Labute approximate surface area is 149 Å². The van der Waals surface area contributed by atoms with Crippen LogP contribution in [0.1, 0.15) is 36.5 Å². The second-order valence-corrected chi connectivity index (χ2v) is 7.07. The Kier molecular flexibility index (Phi) is 5.27. The van der Waals surface area contributed by atoms with E-state index in [4.69, 9.17) is 0 Å². The van der Waals surface area contributed by atoms with Crippen molar-refractivity contribution < 1.29 is 9.90 Å². The van der Waals surface area contributed by atoms with Gasteiger partial charge >= 0.3 is 6.03 Å². The molecule has 0 aliphatic heterocycles. The molecule has 1 unspecified atom stereocenters. The minimum atomic E-state index is 0.00952. The number of nitrogens with zero attached hydrogens (tertiary/aromatic N) is 1. The molecule has 2 amide bonds. The zero-order valence-electron chi connectivity index (χ0n) is 14.9. The van der Waals surface area contributed by atoms with Crippen LogP contribution in [0.4, 0.5) is 4.79 Å². The van der Waals surface area contributed by atoms with E-state index in [0.717, 1.165) is 24.8 Å². The summed E-state index contributed by atoms with van der Waals surface area (Å²) in [7, 11) is 0. The molecule has 1 atom stereocenters. The van der Waals surface area contributed by atoms with Gasteiger partial charge in [-0.25, -0.2) is 4.79 Å². The van der Waals surface area contributed by atoms with E-state index in [2.05, 4.69) is 30.4 Å². The van der Waals surface area contributed by atoms with Gasteiger partial charge in [0.05, 0.1) is 0 Å². The normalized spacial score (nSPS) is 14.8. The van der Waals surface area contributed by atoms with Crippen LogP contribution < -0.4 is 5.32 Å². The third-order valence-electron chi connectivity index (χ3n) is 4.53. The van der Waals surface area contributed by atoms with Gasteiger partial charge in [0.2, 0.25) is 0 Å². The quantitative estimate of drug-likeness (QED) is 0.836. The number of amides is 2. The number of rotatable bonds is 6. The Hall–Kier alpha value is -2.49. The smallest absolute Gasteiger partial charge is 0.318 e. The molecule has 4 nitrogen and oxygen atoms in total.